The fraction of sp³-hybridized carbons (Fsp3) is 0.256. The standard InChI is InChI=1S/C39H41N5O5S/c1-39(2,3)24-16-23(17-35(40)45)37(48-5)33(18-24)44-38(46)43-32-12-13-34(31-9-7-6-8-30(31)32)49-26-14-15-41-36(22-26)42-25-19-27(47-4)21-29(20-25)50-28-10-11-28/h6-9,12-16,18-22,28H,10-11,17H2,1-5H3,(H2,40,45)(H,41,42)(H2,43,44,46). The smallest absolute Gasteiger partial charge is 0.323 e. The number of nitrogens with two attached hydrogens (primary N) is 1. The van der Waals surface area contributed by atoms with Crippen LogP contribution >= 0.6 is 11.8 Å². The van der Waals surface area contributed by atoms with Crippen molar-refractivity contribution in [2.24, 2.45) is 5.73 Å². The number of benzene rings is 4. The van der Waals surface area contributed by atoms with Crippen molar-refractivity contribution >= 4 is 57.4 Å². The first-order chi connectivity index (χ1) is 24.0. The minimum atomic E-state index is -0.494. The maximum absolute atomic E-state index is 13.4. The van der Waals surface area contributed by atoms with Gasteiger partial charge in [-0.25, -0.2) is 9.78 Å². The number of urea groups is 1. The van der Waals surface area contributed by atoms with Crippen molar-refractivity contribution in [1.29, 1.82) is 0 Å². The van der Waals surface area contributed by atoms with Crippen LogP contribution in [0.3, 0.4) is 0 Å². The molecule has 5 aromatic rings. The lowest BCUT2D eigenvalue weighted by molar-refractivity contribution is -0.117. The number of nitrogens with zero attached hydrogens (tertiary/aromatic N) is 1. The lowest BCUT2D eigenvalue weighted by Crippen LogP contribution is -2.22. The number of hydrogen-bond acceptors (Lipinski definition) is 8. The molecule has 3 amide bonds. The van der Waals surface area contributed by atoms with Crippen molar-refractivity contribution in [3.05, 3.63) is 96.2 Å². The van der Waals surface area contributed by atoms with Crippen LogP contribution in [0, 0.1) is 0 Å². The van der Waals surface area contributed by atoms with Crippen molar-refractivity contribution in [3.63, 3.8) is 0 Å². The molecule has 258 valence electrons. The SMILES string of the molecule is COc1cc(Nc2cc(Oc3ccc(NC(=O)Nc4cc(C(C)(C)C)cc(CC(N)=O)c4OC)c4ccccc34)ccn2)cc(SC2CC2)c1. The summed E-state index contributed by atoms with van der Waals surface area (Å²) in [5.74, 6) is 2.51. The number of pyridine rings is 1. The predicted octanol–water partition coefficient (Wildman–Crippen LogP) is 9.01. The van der Waals surface area contributed by atoms with E-state index in [0.717, 1.165) is 32.7 Å². The molecule has 0 saturated heterocycles. The summed E-state index contributed by atoms with van der Waals surface area (Å²) in [6.07, 6.45) is 4.16. The molecule has 0 spiro atoms. The molecule has 1 fully saturated rings. The van der Waals surface area contributed by atoms with Gasteiger partial charge < -0.3 is 35.9 Å². The Kier molecular flexibility index (Phi) is 10.1. The van der Waals surface area contributed by atoms with Gasteiger partial charge in [-0.3, -0.25) is 4.79 Å². The predicted molar refractivity (Wildman–Crippen MR) is 201 cm³/mol. The van der Waals surface area contributed by atoms with Gasteiger partial charge in [0.2, 0.25) is 5.91 Å². The van der Waals surface area contributed by atoms with E-state index in [2.05, 4.69) is 53.8 Å². The molecule has 1 saturated carbocycles. The van der Waals surface area contributed by atoms with Gasteiger partial charge in [0, 0.05) is 50.5 Å². The fourth-order valence-electron chi connectivity index (χ4n) is 5.55. The third-order valence-electron chi connectivity index (χ3n) is 8.16. The van der Waals surface area contributed by atoms with Crippen LogP contribution in [0.1, 0.15) is 44.7 Å². The monoisotopic (exact) mass is 691 g/mol. The summed E-state index contributed by atoms with van der Waals surface area (Å²) in [6, 6.07) is 24.3. The molecule has 10 nitrogen and oxygen atoms in total. The Morgan fingerprint density at radius 1 is 0.880 bits per heavy atom. The number of primary amides is 1. The highest BCUT2D eigenvalue weighted by Crippen LogP contribution is 2.42. The van der Waals surface area contributed by atoms with E-state index in [1.807, 2.05) is 66.4 Å². The second-order valence-electron chi connectivity index (χ2n) is 13.2. The summed E-state index contributed by atoms with van der Waals surface area (Å²) in [5, 5.41) is 11.6. The van der Waals surface area contributed by atoms with Crippen molar-refractivity contribution in [2.75, 3.05) is 30.2 Å². The van der Waals surface area contributed by atoms with E-state index >= 15 is 0 Å². The molecule has 1 aliphatic carbocycles. The number of ether oxygens (including phenoxy) is 3. The van der Waals surface area contributed by atoms with Crippen LogP contribution in [0.5, 0.6) is 23.0 Å². The third kappa shape index (κ3) is 8.41. The van der Waals surface area contributed by atoms with Gasteiger partial charge in [-0.15, -0.1) is 11.8 Å². The van der Waals surface area contributed by atoms with Crippen LogP contribution in [0.4, 0.5) is 27.7 Å². The molecule has 11 heteroatoms. The van der Waals surface area contributed by atoms with Gasteiger partial charge in [-0.1, -0.05) is 51.1 Å². The molecule has 0 atom stereocenters. The van der Waals surface area contributed by atoms with E-state index in [1.54, 1.807) is 25.4 Å². The molecule has 1 heterocycles. The number of carbonyl (C=O) groups excluding carboxylic acids is 2. The van der Waals surface area contributed by atoms with E-state index in [9.17, 15) is 9.59 Å². The second-order valence-corrected chi connectivity index (χ2v) is 14.5. The van der Waals surface area contributed by atoms with Crippen LogP contribution in [-0.4, -0.2) is 36.4 Å². The summed E-state index contributed by atoms with van der Waals surface area (Å²) in [7, 11) is 3.17. The third-order valence-corrected chi connectivity index (χ3v) is 9.47. The number of aromatic nitrogens is 1. The summed E-state index contributed by atoms with van der Waals surface area (Å²) < 4.78 is 17.6. The normalized spacial score (nSPS) is 12.7. The first-order valence-electron chi connectivity index (χ1n) is 16.3. The highest BCUT2D eigenvalue weighted by Gasteiger charge is 2.24. The first kappa shape index (κ1) is 34.4. The number of carbonyl (C=O) groups is 2. The van der Waals surface area contributed by atoms with E-state index in [4.69, 9.17) is 19.9 Å². The molecule has 5 N–H and O–H groups in total. The molecule has 6 rings (SSSR count). The number of fused-ring (bicyclic) bond motifs is 1. The zero-order valence-corrected chi connectivity index (χ0v) is 29.6. The maximum Gasteiger partial charge on any atom is 0.323 e. The molecule has 0 bridgehead atoms. The van der Waals surface area contributed by atoms with E-state index < -0.39 is 11.9 Å². The minimum absolute atomic E-state index is 0.0218. The van der Waals surface area contributed by atoms with Crippen LogP contribution in [0.25, 0.3) is 10.8 Å². The van der Waals surface area contributed by atoms with Crippen LogP contribution < -0.4 is 35.9 Å². The molecule has 0 radical (unpaired) electrons. The zero-order chi connectivity index (χ0) is 35.4. The maximum atomic E-state index is 13.4. The average Bonchev–Trinajstić information content (AvgIpc) is 3.89. The Bertz CT molecular complexity index is 2060. The Morgan fingerprint density at radius 2 is 1.64 bits per heavy atom. The Hall–Kier alpha value is -5.42. The summed E-state index contributed by atoms with van der Waals surface area (Å²) in [6.45, 7) is 6.16. The second kappa shape index (κ2) is 14.6. The molecule has 0 aliphatic heterocycles. The summed E-state index contributed by atoms with van der Waals surface area (Å²) >= 11 is 1.86. The zero-order valence-electron chi connectivity index (χ0n) is 28.8. The number of thioether (sulfide) groups is 1. The van der Waals surface area contributed by atoms with Gasteiger partial charge in [0.05, 0.1) is 32.0 Å². The van der Waals surface area contributed by atoms with E-state index in [0.29, 0.717) is 45.3 Å². The quantitative estimate of drug-likeness (QED) is 0.102. The first-order valence-corrected chi connectivity index (χ1v) is 17.2. The summed E-state index contributed by atoms with van der Waals surface area (Å²) in [5.41, 5.74) is 8.70. The Labute approximate surface area is 296 Å². The number of hydrogen-bond donors (Lipinski definition) is 4. The molecular formula is C39H41N5O5S. The van der Waals surface area contributed by atoms with Gasteiger partial charge in [0.15, 0.2) is 0 Å². The van der Waals surface area contributed by atoms with Gasteiger partial charge in [-0.05, 0) is 60.2 Å². The van der Waals surface area contributed by atoms with Crippen LogP contribution in [0.15, 0.2) is 90.0 Å². The highest BCUT2D eigenvalue weighted by atomic mass is 32.2. The number of amides is 3. The Morgan fingerprint density at radius 3 is 2.34 bits per heavy atom. The lowest BCUT2D eigenvalue weighted by Gasteiger charge is -2.23. The van der Waals surface area contributed by atoms with Crippen LogP contribution in [0.2, 0.25) is 0 Å². The van der Waals surface area contributed by atoms with Crippen molar-refractivity contribution in [2.45, 2.75) is 55.6 Å². The highest BCUT2D eigenvalue weighted by molar-refractivity contribution is 8.00. The van der Waals surface area contributed by atoms with Crippen molar-refractivity contribution < 1.29 is 23.8 Å². The Balaban J connectivity index is 1.22. The van der Waals surface area contributed by atoms with Crippen LogP contribution in [-0.2, 0) is 16.6 Å². The number of rotatable bonds is 12. The van der Waals surface area contributed by atoms with Crippen molar-refractivity contribution in [3.8, 4) is 23.0 Å². The number of anilines is 4. The van der Waals surface area contributed by atoms with E-state index in [-0.39, 0.29) is 11.8 Å². The molecule has 4 aromatic carbocycles. The van der Waals surface area contributed by atoms with Gasteiger partial charge >= 0.3 is 6.03 Å². The van der Waals surface area contributed by atoms with Crippen molar-refractivity contribution in [1.82, 2.24) is 4.98 Å². The molecule has 1 aromatic heterocycles. The number of methoxy groups -OCH3 is 2. The number of nitrogens with one attached hydrogen (secondary N) is 3. The molecule has 0 unspecified atom stereocenters. The van der Waals surface area contributed by atoms with Gasteiger partial charge in [0.1, 0.15) is 28.8 Å². The summed E-state index contributed by atoms with van der Waals surface area (Å²) in [4.78, 5) is 30.9. The van der Waals surface area contributed by atoms with Gasteiger partial charge in [-0.2, -0.15) is 0 Å². The topological polar surface area (TPSA) is 137 Å². The fourth-order valence-corrected chi connectivity index (χ4v) is 6.68. The molecule has 1 aliphatic rings. The van der Waals surface area contributed by atoms with E-state index in [1.165, 1.54) is 20.0 Å². The largest absolute Gasteiger partial charge is 0.497 e. The lowest BCUT2D eigenvalue weighted by atomic mass is 9.85. The molecule has 50 heavy (non-hydrogen) atoms. The van der Waals surface area contributed by atoms with Gasteiger partial charge in [0.25, 0.3) is 0 Å². The average molecular weight is 692 g/mol. The minimum Gasteiger partial charge on any atom is -0.497 e. The molecular weight excluding hydrogens is 651 g/mol.